The van der Waals surface area contributed by atoms with Gasteiger partial charge < -0.3 is 36.9 Å². The first-order chi connectivity index (χ1) is 21.1. The van der Waals surface area contributed by atoms with Crippen LogP contribution in [0.15, 0.2) is 85.1 Å². The van der Waals surface area contributed by atoms with Crippen molar-refractivity contribution in [1.82, 2.24) is 20.9 Å². The molecular weight excluding hydrogens is 582 g/mol. The van der Waals surface area contributed by atoms with Gasteiger partial charge >= 0.3 is 5.97 Å². The lowest BCUT2D eigenvalue weighted by atomic mass is 10.0. The van der Waals surface area contributed by atoms with Gasteiger partial charge in [-0.15, -0.1) is 0 Å². The molecule has 44 heavy (non-hydrogen) atoms. The summed E-state index contributed by atoms with van der Waals surface area (Å²) in [6.45, 7) is 0. The molecule has 0 bridgehead atoms. The molecule has 4 unspecified atom stereocenters. The van der Waals surface area contributed by atoms with E-state index in [1.165, 1.54) is 12.1 Å². The van der Waals surface area contributed by atoms with Crippen LogP contribution in [0.2, 0.25) is 0 Å². The van der Waals surface area contributed by atoms with Crippen LogP contribution in [0.25, 0.3) is 10.9 Å². The van der Waals surface area contributed by atoms with Gasteiger partial charge in [-0.3, -0.25) is 14.4 Å². The van der Waals surface area contributed by atoms with Crippen molar-refractivity contribution in [2.75, 3.05) is 5.75 Å². The third-order valence-corrected chi connectivity index (χ3v) is 7.54. The van der Waals surface area contributed by atoms with Gasteiger partial charge in [0.05, 0.1) is 6.04 Å². The van der Waals surface area contributed by atoms with Crippen LogP contribution in [0.3, 0.4) is 0 Å². The Morgan fingerprint density at radius 1 is 0.727 bits per heavy atom. The van der Waals surface area contributed by atoms with E-state index < -0.39 is 47.9 Å². The second kappa shape index (κ2) is 15.1. The summed E-state index contributed by atoms with van der Waals surface area (Å²) >= 11 is 4.22. The number of carbonyl (C=O) groups is 4. The lowest BCUT2D eigenvalue weighted by Gasteiger charge is -2.24. The Kier molecular flexibility index (Phi) is 11.0. The third kappa shape index (κ3) is 8.62. The van der Waals surface area contributed by atoms with E-state index >= 15 is 0 Å². The molecule has 3 aromatic carbocycles. The van der Waals surface area contributed by atoms with Crippen LogP contribution < -0.4 is 21.7 Å². The highest BCUT2D eigenvalue weighted by atomic mass is 32.1. The third-order valence-electron chi connectivity index (χ3n) is 7.17. The van der Waals surface area contributed by atoms with Crippen LogP contribution in [0, 0.1) is 0 Å². The number of phenols is 1. The number of aliphatic carboxylic acids is 1. The molecule has 11 nitrogen and oxygen atoms in total. The molecule has 0 spiro atoms. The van der Waals surface area contributed by atoms with E-state index in [-0.39, 0.29) is 30.8 Å². The summed E-state index contributed by atoms with van der Waals surface area (Å²) in [7, 11) is 0. The summed E-state index contributed by atoms with van der Waals surface area (Å²) in [6.07, 6.45) is 1.99. The van der Waals surface area contributed by atoms with Crippen molar-refractivity contribution in [2.24, 2.45) is 5.73 Å². The van der Waals surface area contributed by atoms with E-state index in [1.54, 1.807) is 18.3 Å². The van der Waals surface area contributed by atoms with Crippen molar-refractivity contribution in [1.29, 1.82) is 0 Å². The first-order valence-corrected chi connectivity index (χ1v) is 14.6. The van der Waals surface area contributed by atoms with E-state index in [4.69, 9.17) is 5.73 Å². The van der Waals surface area contributed by atoms with Gasteiger partial charge in [-0.25, -0.2) is 4.79 Å². The normalized spacial score (nSPS) is 13.8. The van der Waals surface area contributed by atoms with Crippen LogP contribution in [-0.4, -0.2) is 68.8 Å². The van der Waals surface area contributed by atoms with Gasteiger partial charge in [-0.1, -0.05) is 60.7 Å². The molecule has 4 aromatic rings. The fraction of sp³-hybridized carbons (Fsp3) is 0.250. The van der Waals surface area contributed by atoms with Crippen molar-refractivity contribution >= 4 is 47.2 Å². The van der Waals surface area contributed by atoms with Crippen LogP contribution in [0.5, 0.6) is 5.75 Å². The lowest BCUT2D eigenvalue weighted by molar-refractivity contribution is -0.142. The van der Waals surface area contributed by atoms with Crippen molar-refractivity contribution in [2.45, 2.75) is 43.4 Å². The number of H-pyrrole nitrogens is 1. The SMILES string of the molecule is NC(Cc1ccccc1)C(=O)NC(Cc1ccc(O)cc1)C(=O)NC(CS)C(=O)NC(Cc1c[nH]c2ccccc12)C(=O)O. The number of carboxylic acid groups (broad SMARTS) is 1. The second-order valence-corrected chi connectivity index (χ2v) is 10.8. The van der Waals surface area contributed by atoms with Gasteiger partial charge in [0.2, 0.25) is 17.7 Å². The quantitative estimate of drug-likeness (QED) is 0.0989. The molecule has 0 saturated carbocycles. The number of amides is 3. The van der Waals surface area contributed by atoms with Gasteiger partial charge in [0.1, 0.15) is 23.9 Å². The van der Waals surface area contributed by atoms with E-state index in [0.29, 0.717) is 11.1 Å². The summed E-state index contributed by atoms with van der Waals surface area (Å²) in [6, 6.07) is 18.2. The first kappa shape index (κ1) is 32.1. The highest BCUT2D eigenvalue weighted by Gasteiger charge is 2.30. The van der Waals surface area contributed by atoms with Crippen molar-refractivity contribution in [3.63, 3.8) is 0 Å². The van der Waals surface area contributed by atoms with Gasteiger partial charge in [0, 0.05) is 35.7 Å². The number of hydrogen-bond donors (Lipinski definition) is 8. The zero-order valence-corrected chi connectivity index (χ0v) is 24.7. The molecule has 0 aliphatic carbocycles. The van der Waals surface area contributed by atoms with Crippen molar-refractivity contribution < 1.29 is 29.4 Å². The topological polar surface area (TPSA) is 187 Å². The van der Waals surface area contributed by atoms with Gasteiger partial charge in [-0.05, 0) is 41.3 Å². The zero-order chi connectivity index (χ0) is 31.6. The summed E-state index contributed by atoms with van der Waals surface area (Å²) in [5, 5.41) is 28.1. The standard InChI is InChI=1S/C32H35N5O6S/c33-24(14-19-6-2-1-3-7-19)29(39)35-26(15-20-10-12-22(38)13-11-20)30(40)37-28(18-44)31(41)36-27(32(42)43)16-21-17-34-25-9-5-4-8-23(21)25/h1-13,17,24,26-28,34,38,44H,14-16,18,33H2,(H,35,39)(H,36,41)(H,37,40)(H,42,43). The molecule has 0 aliphatic rings. The Morgan fingerprint density at radius 2 is 1.32 bits per heavy atom. The maximum Gasteiger partial charge on any atom is 0.326 e. The van der Waals surface area contributed by atoms with Crippen LogP contribution in [-0.2, 0) is 38.4 Å². The minimum atomic E-state index is -1.27. The molecule has 0 fully saturated rings. The number of hydrogen-bond acceptors (Lipinski definition) is 7. The molecule has 1 aromatic heterocycles. The molecule has 1 heterocycles. The highest BCUT2D eigenvalue weighted by Crippen LogP contribution is 2.19. The molecule has 0 radical (unpaired) electrons. The van der Waals surface area contributed by atoms with Crippen LogP contribution in [0.1, 0.15) is 16.7 Å². The molecule has 230 valence electrons. The molecule has 8 N–H and O–H groups in total. The maximum atomic E-state index is 13.5. The number of para-hydroxylation sites is 1. The van der Waals surface area contributed by atoms with E-state index in [9.17, 15) is 29.4 Å². The minimum absolute atomic E-state index is 0.0111. The average molecular weight is 618 g/mol. The number of carbonyl (C=O) groups excluding carboxylic acids is 3. The van der Waals surface area contributed by atoms with Gasteiger partial charge in [0.25, 0.3) is 0 Å². The number of fused-ring (bicyclic) bond motifs is 1. The number of aromatic nitrogens is 1. The number of aromatic hydroxyl groups is 1. The summed E-state index contributed by atoms with van der Waals surface area (Å²) in [4.78, 5) is 54.9. The Labute approximate surface area is 259 Å². The summed E-state index contributed by atoms with van der Waals surface area (Å²) < 4.78 is 0. The van der Waals surface area contributed by atoms with Crippen molar-refractivity contribution in [3.05, 3.63) is 102 Å². The molecule has 4 atom stereocenters. The van der Waals surface area contributed by atoms with E-state index in [2.05, 4.69) is 33.6 Å². The smallest absolute Gasteiger partial charge is 0.326 e. The van der Waals surface area contributed by atoms with Gasteiger partial charge in [-0.2, -0.15) is 12.6 Å². The molecule has 0 saturated heterocycles. The number of phenolic OH excluding ortho intramolecular Hbond substituents is 1. The maximum absolute atomic E-state index is 13.5. The largest absolute Gasteiger partial charge is 0.508 e. The molecular formula is C32H35N5O6S. The van der Waals surface area contributed by atoms with E-state index in [0.717, 1.165) is 16.5 Å². The number of thiol groups is 1. The highest BCUT2D eigenvalue weighted by molar-refractivity contribution is 7.80. The Hall–Kier alpha value is -4.81. The zero-order valence-electron chi connectivity index (χ0n) is 23.8. The van der Waals surface area contributed by atoms with Crippen LogP contribution in [0.4, 0.5) is 0 Å². The monoisotopic (exact) mass is 617 g/mol. The summed E-state index contributed by atoms with van der Waals surface area (Å²) in [5.41, 5.74) is 9.18. The number of nitrogens with two attached hydrogens (primary N) is 1. The fourth-order valence-corrected chi connectivity index (χ4v) is 5.03. The average Bonchev–Trinajstić information content (AvgIpc) is 3.43. The molecule has 0 aliphatic heterocycles. The van der Waals surface area contributed by atoms with Crippen molar-refractivity contribution in [3.8, 4) is 5.75 Å². The number of carboxylic acids is 1. The molecule has 3 amide bonds. The van der Waals surface area contributed by atoms with Crippen LogP contribution >= 0.6 is 12.6 Å². The Morgan fingerprint density at radius 3 is 2.00 bits per heavy atom. The number of aromatic amines is 1. The predicted molar refractivity (Wildman–Crippen MR) is 169 cm³/mol. The predicted octanol–water partition coefficient (Wildman–Crippen LogP) is 1.70. The number of benzene rings is 3. The number of nitrogens with one attached hydrogen (secondary N) is 4. The fourth-order valence-electron chi connectivity index (χ4n) is 4.78. The lowest BCUT2D eigenvalue weighted by Crippen LogP contribution is -2.58. The number of rotatable bonds is 14. The Balaban J connectivity index is 1.45. The van der Waals surface area contributed by atoms with Gasteiger partial charge in [0.15, 0.2) is 0 Å². The minimum Gasteiger partial charge on any atom is -0.508 e. The molecule has 4 rings (SSSR count). The molecule has 12 heteroatoms. The second-order valence-electron chi connectivity index (χ2n) is 10.4. The Bertz CT molecular complexity index is 1590. The summed E-state index contributed by atoms with van der Waals surface area (Å²) in [5.74, 6) is -3.32. The van der Waals surface area contributed by atoms with E-state index in [1.807, 2.05) is 54.6 Å². The first-order valence-electron chi connectivity index (χ1n) is 14.0.